The summed E-state index contributed by atoms with van der Waals surface area (Å²) in [6.07, 6.45) is 12.8. The molecule has 1 N–H and O–H groups in total. The summed E-state index contributed by atoms with van der Waals surface area (Å²) in [5.41, 5.74) is 2.63. The van der Waals surface area contributed by atoms with Gasteiger partial charge in [-0.05, 0) is 30.5 Å². The lowest BCUT2D eigenvalue weighted by atomic mass is 10.1. The van der Waals surface area contributed by atoms with Crippen molar-refractivity contribution in [2.75, 3.05) is 19.8 Å². The van der Waals surface area contributed by atoms with E-state index in [4.69, 9.17) is 14.7 Å². The summed E-state index contributed by atoms with van der Waals surface area (Å²) in [6, 6.07) is 7.82. The summed E-state index contributed by atoms with van der Waals surface area (Å²) < 4.78 is 11.4. The smallest absolute Gasteiger partial charge is 0.104 e. The lowest BCUT2D eigenvalue weighted by Crippen LogP contribution is -2.24. The van der Waals surface area contributed by atoms with Crippen LogP contribution in [0.15, 0.2) is 18.2 Å². The van der Waals surface area contributed by atoms with Crippen molar-refractivity contribution < 1.29 is 14.6 Å². The number of hydrogen-bond donors (Lipinski definition) is 1. The first kappa shape index (κ1) is 24.6. The predicted molar refractivity (Wildman–Crippen MR) is 114 cm³/mol. The maximum absolute atomic E-state index is 9.47. The fraction of sp³-hybridized carbons (Fsp3) is 0.708. The Balaban J connectivity index is 2.03. The number of nitrogens with zero attached hydrogens (tertiary/aromatic N) is 1. The average Bonchev–Trinajstić information content (AvgIpc) is 2.71. The molecule has 0 aliphatic rings. The Labute approximate surface area is 171 Å². The lowest BCUT2D eigenvalue weighted by molar-refractivity contribution is -0.0502. The maximum Gasteiger partial charge on any atom is 0.104 e. The highest BCUT2D eigenvalue weighted by Crippen LogP contribution is 2.13. The molecule has 1 atom stereocenters. The van der Waals surface area contributed by atoms with Crippen molar-refractivity contribution in [2.45, 2.75) is 90.8 Å². The van der Waals surface area contributed by atoms with Gasteiger partial charge in [-0.25, -0.2) is 0 Å². The van der Waals surface area contributed by atoms with Crippen LogP contribution in [0.5, 0.6) is 0 Å². The van der Waals surface area contributed by atoms with Crippen molar-refractivity contribution in [3.63, 3.8) is 0 Å². The first-order valence-electron chi connectivity index (χ1n) is 11.0. The van der Waals surface area contributed by atoms with E-state index in [0.717, 1.165) is 24.2 Å². The molecule has 1 rings (SSSR count). The molecule has 1 aromatic carbocycles. The molecule has 0 saturated heterocycles. The molecule has 0 radical (unpaired) electrons. The highest BCUT2D eigenvalue weighted by molar-refractivity contribution is 5.39. The Hall–Kier alpha value is -1.41. The summed E-state index contributed by atoms with van der Waals surface area (Å²) in [5.74, 6) is 0. The van der Waals surface area contributed by atoms with Crippen LogP contribution < -0.4 is 0 Å². The Kier molecular flexibility index (Phi) is 14.5. The van der Waals surface area contributed by atoms with Crippen LogP contribution in [-0.4, -0.2) is 31.0 Å². The van der Waals surface area contributed by atoms with Crippen molar-refractivity contribution in [3.8, 4) is 6.07 Å². The van der Waals surface area contributed by atoms with E-state index in [9.17, 15) is 5.11 Å². The van der Waals surface area contributed by atoms with E-state index in [1.54, 1.807) is 0 Å². The molecule has 158 valence electrons. The molecule has 0 saturated carbocycles. The number of rotatable bonds is 17. The Morgan fingerprint density at radius 1 is 1.00 bits per heavy atom. The van der Waals surface area contributed by atoms with Crippen LogP contribution in [0.2, 0.25) is 0 Å². The Morgan fingerprint density at radius 3 is 2.21 bits per heavy atom. The van der Waals surface area contributed by atoms with E-state index < -0.39 is 0 Å². The number of nitriles is 1. The van der Waals surface area contributed by atoms with E-state index in [1.165, 1.54) is 57.8 Å². The second kappa shape index (κ2) is 16.5. The minimum absolute atomic E-state index is 0.0483. The number of hydrogen-bond acceptors (Lipinski definition) is 4. The van der Waals surface area contributed by atoms with E-state index in [1.807, 2.05) is 25.1 Å². The maximum atomic E-state index is 9.47. The van der Waals surface area contributed by atoms with Gasteiger partial charge in [-0.3, -0.25) is 0 Å². The summed E-state index contributed by atoms with van der Waals surface area (Å²) >= 11 is 0. The summed E-state index contributed by atoms with van der Waals surface area (Å²) in [6.45, 7) is 5.69. The lowest BCUT2D eigenvalue weighted by Gasteiger charge is -2.16. The number of aryl methyl sites for hydroxylation is 1. The second-order valence-corrected chi connectivity index (χ2v) is 7.63. The molecule has 0 aliphatic heterocycles. The van der Waals surface area contributed by atoms with Crippen molar-refractivity contribution in [1.29, 1.82) is 5.26 Å². The minimum atomic E-state index is -0.306. The molecular formula is C24H39NO3. The van der Waals surface area contributed by atoms with E-state index in [2.05, 4.69) is 13.0 Å². The van der Waals surface area contributed by atoms with Crippen molar-refractivity contribution in [1.82, 2.24) is 0 Å². The van der Waals surface area contributed by atoms with Gasteiger partial charge >= 0.3 is 0 Å². The van der Waals surface area contributed by atoms with Crippen molar-refractivity contribution >= 4 is 0 Å². The first-order chi connectivity index (χ1) is 13.7. The highest BCUT2D eigenvalue weighted by Gasteiger charge is 2.09. The number of unbranched alkanes of at least 4 members (excludes halogenated alkanes) is 9. The van der Waals surface area contributed by atoms with Gasteiger partial charge in [-0.15, -0.1) is 0 Å². The number of aliphatic hydroxyl groups is 1. The van der Waals surface area contributed by atoms with Gasteiger partial charge < -0.3 is 14.6 Å². The molecule has 0 spiro atoms. The predicted octanol–water partition coefficient (Wildman–Crippen LogP) is 5.68. The van der Waals surface area contributed by atoms with Gasteiger partial charge in [0.25, 0.3) is 0 Å². The van der Waals surface area contributed by atoms with Gasteiger partial charge in [0.2, 0.25) is 0 Å². The first-order valence-corrected chi connectivity index (χ1v) is 11.0. The Morgan fingerprint density at radius 2 is 1.64 bits per heavy atom. The quantitative estimate of drug-likeness (QED) is 0.348. The third-order valence-electron chi connectivity index (χ3n) is 5.05. The van der Waals surface area contributed by atoms with Crippen LogP contribution in [0.3, 0.4) is 0 Å². The minimum Gasteiger partial charge on any atom is -0.394 e. The SMILES string of the molecule is CCCCCCCCCCCCOCC(CO)OCc1ccc(C#N)c(C)c1. The molecule has 0 amide bonds. The largest absolute Gasteiger partial charge is 0.394 e. The molecule has 0 aromatic heterocycles. The van der Waals surface area contributed by atoms with Gasteiger partial charge in [0.05, 0.1) is 31.5 Å². The standard InChI is InChI=1S/C24H39NO3/c1-3-4-5-6-7-8-9-10-11-12-15-27-20-24(18-26)28-19-22-13-14-23(17-25)21(2)16-22/h13-14,16,24,26H,3-12,15,18-20H2,1-2H3. The summed E-state index contributed by atoms with van der Waals surface area (Å²) in [5, 5.41) is 18.4. The zero-order valence-corrected chi connectivity index (χ0v) is 17.9. The molecule has 28 heavy (non-hydrogen) atoms. The molecule has 4 heteroatoms. The topological polar surface area (TPSA) is 62.5 Å². The number of ether oxygens (including phenoxy) is 2. The van der Waals surface area contributed by atoms with Crippen LogP contribution >= 0.6 is 0 Å². The van der Waals surface area contributed by atoms with Gasteiger partial charge in [0.1, 0.15) is 6.10 Å². The van der Waals surface area contributed by atoms with Gasteiger partial charge in [0.15, 0.2) is 0 Å². The van der Waals surface area contributed by atoms with Crippen molar-refractivity contribution in [3.05, 3.63) is 34.9 Å². The highest BCUT2D eigenvalue weighted by atomic mass is 16.5. The molecule has 1 unspecified atom stereocenters. The normalized spacial score (nSPS) is 12.1. The molecule has 0 heterocycles. The molecular weight excluding hydrogens is 350 g/mol. The molecule has 1 aromatic rings. The van der Waals surface area contributed by atoms with E-state index in [0.29, 0.717) is 18.8 Å². The molecule has 0 bridgehead atoms. The van der Waals surface area contributed by atoms with Gasteiger partial charge in [-0.2, -0.15) is 5.26 Å². The monoisotopic (exact) mass is 389 g/mol. The number of aliphatic hydroxyl groups excluding tert-OH is 1. The van der Waals surface area contributed by atoms with Crippen LogP contribution in [0.4, 0.5) is 0 Å². The van der Waals surface area contributed by atoms with E-state index in [-0.39, 0.29) is 12.7 Å². The molecule has 0 aliphatic carbocycles. The van der Waals surface area contributed by atoms with E-state index >= 15 is 0 Å². The van der Waals surface area contributed by atoms with Crippen LogP contribution in [-0.2, 0) is 16.1 Å². The number of benzene rings is 1. The average molecular weight is 390 g/mol. The van der Waals surface area contributed by atoms with Crippen LogP contribution in [0.25, 0.3) is 0 Å². The molecule has 0 fully saturated rings. The van der Waals surface area contributed by atoms with Crippen LogP contribution in [0.1, 0.15) is 87.8 Å². The third-order valence-corrected chi connectivity index (χ3v) is 5.05. The fourth-order valence-corrected chi connectivity index (χ4v) is 3.21. The van der Waals surface area contributed by atoms with Gasteiger partial charge in [-0.1, -0.05) is 76.8 Å². The summed E-state index contributed by atoms with van der Waals surface area (Å²) in [4.78, 5) is 0. The summed E-state index contributed by atoms with van der Waals surface area (Å²) in [7, 11) is 0. The van der Waals surface area contributed by atoms with Crippen LogP contribution in [0, 0.1) is 18.3 Å². The van der Waals surface area contributed by atoms with Crippen molar-refractivity contribution in [2.24, 2.45) is 0 Å². The zero-order valence-electron chi connectivity index (χ0n) is 17.9. The second-order valence-electron chi connectivity index (χ2n) is 7.63. The third kappa shape index (κ3) is 11.4. The fourth-order valence-electron chi connectivity index (χ4n) is 3.21. The Bertz CT molecular complexity index is 553. The van der Waals surface area contributed by atoms with Gasteiger partial charge in [0, 0.05) is 6.61 Å². The molecule has 4 nitrogen and oxygen atoms in total. The zero-order chi connectivity index (χ0) is 20.5.